The maximum atomic E-state index is 12.5. The Hall–Kier alpha value is -1.59. The molecular formula is C14H11BrClNO3. The molecule has 2 rings (SSSR count). The molecule has 1 aromatic heterocycles. The lowest BCUT2D eigenvalue weighted by molar-refractivity contribution is 0.103. The molecule has 1 heterocycles. The Bertz CT molecular complexity index is 644. The van der Waals surface area contributed by atoms with Crippen molar-refractivity contribution in [3.63, 3.8) is 0 Å². The predicted octanol–water partition coefficient (Wildman–Crippen LogP) is 3.75. The van der Waals surface area contributed by atoms with E-state index in [1.54, 1.807) is 31.4 Å². The van der Waals surface area contributed by atoms with Crippen LogP contribution in [0.5, 0.6) is 11.5 Å². The van der Waals surface area contributed by atoms with E-state index < -0.39 is 0 Å². The van der Waals surface area contributed by atoms with E-state index in [1.165, 1.54) is 13.3 Å². The van der Waals surface area contributed by atoms with E-state index in [0.29, 0.717) is 32.3 Å². The van der Waals surface area contributed by atoms with Crippen molar-refractivity contribution in [1.29, 1.82) is 0 Å². The minimum absolute atomic E-state index is 0.200. The van der Waals surface area contributed by atoms with E-state index in [2.05, 4.69) is 20.9 Å². The Balaban J connectivity index is 2.49. The van der Waals surface area contributed by atoms with Crippen molar-refractivity contribution >= 4 is 33.3 Å². The van der Waals surface area contributed by atoms with Crippen molar-refractivity contribution in [3.05, 3.63) is 51.2 Å². The van der Waals surface area contributed by atoms with E-state index in [9.17, 15) is 4.79 Å². The Labute approximate surface area is 129 Å². The predicted molar refractivity (Wildman–Crippen MR) is 79.9 cm³/mol. The third-order valence-electron chi connectivity index (χ3n) is 2.72. The summed E-state index contributed by atoms with van der Waals surface area (Å²) >= 11 is 9.08. The van der Waals surface area contributed by atoms with Crippen LogP contribution in [0.1, 0.15) is 15.9 Å². The van der Waals surface area contributed by atoms with Gasteiger partial charge in [-0.25, -0.2) is 4.98 Å². The number of aromatic nitrogens is 1. The third-order valence-corrected chi connectivity index (χ3v) is 3.69. The molecule has 0 aliphatic rings. The fourth-order valence-corrected chi connectivity index (χ4v) is 2.52. The average Bonchev–Trinajstić information content (AvgIpc) is 2.47. The van der Waals surface area contributed by atoms with Crippen LogP contribution in [0.15, 0.2) is 34.9 Å². The number of carbonyl (C=O) groups excluding carboxylic acids is 1. The third kappa shape index (κ3) is 2.78. The van der Waals surface area contributed by atoms with Crippen LogP contribution in [0.3, 0.4) is 0 Å². The first kappa shape index (κ1) is 14.8. The molecule has 0 radical (unpaired) electrons. The van der Waals surface area contributed by atoms with E-state index in [0.717, 1.165) is 0 Å². The van der Waals surface area contributed by atoms with Gasteiger partial charge in [0.2, 0.25) is 0 Å². The van der Waals surface area contributed by atoms with Crippen molar-refractivity contribution in [2.24, 2.45) is 0 Å². The Morgan fingerprint density at radius 3 is 2.50 bits per heavy atom. The summed E-state index contributed by atoms with van der Waals surface area (Å²) in [5, 5.41) is 0.337. The topological polar surface area (TPSA) is 48.4 Å². The molecule has 0 bridgehead atoms. The molecule has 104 valence electrons. The number of pyridine rings is 1. The molecule has 0 saturated carbocycles. The minimum Gasteiger partial charge on any atom is -0.495 e. The van der Waals surface area contributed by atoms with Gasteiger partial charge in [0, 0.05) is 11.8 Å². The van der Waals surface area contributed by atoms with E-state index >= 15 is 0 Å². The molecule has 0 atom stereocenters. The van der Waals surface area contributed by atoms with E-state index in [-0.39, 0.29) is 5.78 Å². The quantitative estimate of drug-likeness (QED) is 0.618. The first-order valence-electron chi connectivity index (χ1n) is 5.65. The lowest BCUT2D eigenvalue weighted by Crippen LogP contribution is -2.05. The maximum Gasteiger partial charge on any atom is 0.198 e. The summed E-state index contributed by atoms with van der Waals surface area (Å²) in [4.78, 5) is 16.4. The first-order chi connectivity index (χ1) is 9.58. The molecule has 20 heavy (non-hydrogen) atoms. The minimum atomic E-state index is -0.200. The largest absolute Gasteiger partial charge is 0.495 e. The lowest BCUT2D eigenvalue weighted by Gasteiger charge is -2.12. The summed E-state index contributed by atoms with van der Waals surface area (Å²) in [7, 11) is 3.04. The summed E-state index contributed by atoms with van der Waals surface area (Å²) < 4.78 is 11.1. The van der Waals surface area contributed by atoms with Gasteiger partial charge in [-0.05, 0) is 40.2 Å². The van der Waals surface area contributed by atoms with Crippen LogP contribution in [0.2, 0.25) is 5.15 Å². The lowest BCUT2D eigenvalue weighted by atomic mass is 10.0. The number of benzene rings is 1. The number of carbonyl (C=O) groups is 1. The average molecular weight is 357 g/mol. The van der Waals surface area contributed by atoms with Gasteiger partial charge < -0.3 is 9.47 Å². The number of ether oxygens (including phenoxy) is 2. The van der Waals surface area contributed by atoms with Crippen molar-refractivity contribution in [3.8, 4) is 11.5 Å². The smallest absolute Gasteiger partial charge is 0.198 e. The molecule has 0 amide bonds. The van der Waals surface area contributed by atoms with Crippen molar-refractivity contribution in [1.82, 2.24) is 4.98 Å². The molecule has 0 N–H and O–H groups in total. The molecule has 0 saturated heterocycles. The van der Waals surface area contributed by atoms with Crippen LogP contribution in [0, 0.1) is 0 Å². The zero-order valence-electron chi connectivity index (χ0n) is 10.8. The molecule has 0 aliphatic carbocycles. The highest BCUT2D eigenvalue weighted by Gasteiger charge is 2.19. The molecule has 0 aliphatic heterocycles. The second kappa shape index (κ2) is 6.24. The van der Waals surface area contributed by atoms with Crippen LogP contribution in [0.4, 0.5) is 0 Å². The van der Waals surface area contributed by atoms with Crippen LogP contribution in [0.25, 0.3) is 0 Å². The van der Waals surface area contributed by atoms with Crippen molar-refractivity contribution in [2.75, 3.05) is 14.2 Å². The van der Waals surface area contributed by atoms with Crippen molar-refractivity contribution in [2.45, 2.75) is 0 Å². The second-order valence-corrected chi connectivity index (χ2v) is 5.04. The van der Waals surface area contributed by atoms with Gasteiger partial charge in [-0.3, -0.25) is 4.79 Å². The van der Waals surface area contributed by atoms with Gasteiger partial charge in [0.05, 0.1) is 19.8 Å². The second-order valence-electron chi connectivity index (χ2n) is 3.86. The molecule has 4 nitrogen and oxygen atoms in total. The number of ketones is 1. The van der Waals surface area contributed by atoms with E-state index in [4.69, 9.17) is 21.1 Å². The highest BCUT2D eigenvalue weighted by molar-refractivity contribution is 9.10. The van der Waals surface area contributed by atoms with Gasteiger partial charge in [-0.1, -0.05) is 11.6 Å². The summed E-state index contributed by atoms with van der Waals surface area (Å²) in [5.41, 5.74) is 0.856. The summed E-state index contributed by atoms with van der Waals surface area (Å²) in [6.07, 6.45) is 1.43. The molecule has 0 unspecified atom stereocenters. The zero-order valence-corrected chi connectivity index (χ0v) is 13.2. The molecule has 6 heteroatoms. The zero-order chi connectivity index (χ0) is 14.7. The van der Waals surface area contributed by atoms with E-state index in [1.807, 2.05) is 0 Å². The standard InChI is InChI=1S/C14H11BrClNO3/c1-19-10-5-4-9(14(20-2)12(10)15)13(18)8-3-6-11(16)17-7-8/h3-7H,1-2H3. The van der Waals surface area contributed by atoms with Crippen molar-refractivity contribution < 1.29 is 14.3 Å². The molecule has 0 spiro atoms. The Morgan fingerprint density at radius 2 is 1.95 bits per heavy atom. The Morgan fingerprint density at radius 1 is 1.20 bits per heavy atom. The summed E-state index contributed by atoms with van der Waals surface area (Å²) in [5.74, 6) is 0.811. The SMILES string of the molecule is COc1ccc(C(=O)c2ccc(Cl)nc2)c(OC)c1Br. The highest BCUT2D eigenvalue weighted by Crippen LogP contribution is 2.37. The van der Waals surface area contributed by atoms with Gasteiger partial charge in [0.15, 0.2) is 5.78 Å². The Kier molecular flexibility index (Phi) is 4.62. The van der Waals surface area contributed by atoms with Gasteiger partial charge >= 0.3 is 0 Å². The highest BCUT2D eigenvalue weighted by atomic mass is 79.9. The van der Waals surface area contributed by atoms with Gasteiger partial charge in [0.1, 0.15) is 21.1 Å². The first-order valence-corrected chi connectivity index (χ1v) is 6.82. The maximum absolute atomic E-state index is 12.5. The normalized spacial score (nSPS) is 10.2. The number of halogens is 2. The van der Waals surface area contributed by atoms with Crippen LogP contribution in [-0.2, 0) is 0 Å². The number of rotatable bonds is 4. The van der Waals surface area contributed by atoms with Crippen LogP contribution in [-0.4, -0.2) is 25.0 Å². The molecule has 1 aromatic carbocycles. The number of hydrogen-bond donors (Lipinski definition) is 0. The van der Waals surface area contributed by atoms with Crippen LogP contribution >= 0.6 is 27.5 Å². The fourth-order valence-electron chi connectivity index (χ4n) is 1.74. The number of methoxy groups -OCH3 is 2. The summed E-state index contributed by atoms with van der Waals surface area (Å²) in [6.45, 7) is 0. The van der Waals surface area contributed by atoms with Gasteiger partial charge in [-0.15, -0.1) is 0 Å². The summed E-state index contributed by atoms with van der Waals surface area (Å²) in [6, 6.07) is 6.54. The van der Waals surface area contributed by atoms with Gasteiger partial charge in [0.25, 0.3) is 0 Å². The number of nitrogens with zero attached hydrogens (tertiary/aromatic N) is 1. The molecule has 0 fully saturated rings. The molecule has 2 aromatic rings. The van der Waals surface area contributed by atoms with Crippen LogP contribution < -0.4 is 9.47 Å². The number of hydrogen-bond acceptors (Lipinski definition) is 4. The monoisotopic (exact) mass is 355 g/mol. The fraction of sp³-hybridized carbons (Fsp3) is 0.143. The molecular weight excluding hydrogens is 346 g/mol. The van der Waals surface area contributed by atoms with Gasteiger partial charge in [-0.2, -0.15) is 0 Å².